The topological polar surface area (TPSA) is 102 Å². The second-order valence-electron chi connectivity index (χ2n) is 4.92. The van der Waals surface area contributed by atoms with Gasteiger partial charge in [-0.3, -0.25) is 4.79 Å². The van der Waals surface area contributed by atoms with Crippen molar-refractivity contribution in [2.45, 2.75) is 12.5 Å². The number of carbonyl (C=O) groups is 1. The molecule has 0 spiro atoms. The van der Waals surface area contributed by atoms with Gasteiger partial charge in [0.25, 0.3) is 0 Å². The fourth-order valence-electron chi connectivity index (χ4n) is 1.74. The monoisotopic (exact) mass is 339 g/mol. The first kappa shape index (κ1) is 16.6. The van der Waals surface area contributed by atoms with E-state index < -0.39 is 21.8 Å². The van der Waals surface area contributed by atoms with Crippen LogP contribution in [0.4, 0.5) is 5.13 Å². The van der Waals surface area contributed by atoms with E-state index in [-0.39, 0.29) is 12.2 Å². The minimum absolute atomic E-state index is 0.0849. The van der Waals surface area contributed by atoms with Crippen molar-refractivity contribution >= 4 is 32.2 Å². The molecular weight excluding hydrogens is 322 g/mol. The predicted molar refractivity (Wildman–Crippen MR) is 88.5 cm³/mol. The lowest BCUT2D eigenvalue weighted by atomic mass is 10.2. The SMILES string of the molecule is CS(=O)(=O)CCC(N)C(=O)Nc1nc(-c2ccccc2)cs1. The summed E-state index contributed by atoms with van der Waals surface area (Å²) < 4.78 is 22.2. The first-order valence-corrected chi connectivity index (χ1v) is 9.54. The van der Waals surface area contributed by atoms with Crippen molar-refractivity contribution in [3.05, 3.63) is 35.7 Å². The van der Waals surface area contributed by atoms with Gasteiger partial charge in [-0.2, -0.15) is 0 Å². The normalized spacial score (nSPS) is 12.8. The van der Waals surface area contributed by atoms with Crippen molar-refractivity contribution in [2.24, 2.45) is 5.73 Å². The molecule has 1 amide bonds. The molecule has 8 heteroatoms. The fourth-order valence-corrected chi connectivity index (χ4v) is 3.15. The van der Waals surface area contributed by atoms with E-state index in [0.717, 1.165) is 17.5 Å². The zero-order chi connectivity index (χ0) is 16.2. The third kappa shape index (κ3) is 4.90. The zero-order valence-electron chi connectivity index (χ0n) is 12.0. The Bertz CT molecular complexity index is 742. The van der Waals surface area contributed by atoms with Crippen LogP contribution in [0.5, 0.6) is 0 Å². The third-order valence-corrected chi connectivity index (χ3v) is 4.68. The van der Waals surface area contributed by atoms with Gasteiger partial charge in [-0.1, -0.05) is 30.3 Å². The van der Waals surface area contributed by atoms with E-state index in [4.69, 9.17) is 5.73 Å². The summed E-state index contributed by atoms with van der Waals surface area (Å²) in [6.45, 7) is 0. The van der Waals surface area contributed by atoms with E-state index in [1.54, 1.807) is 0 Å². The van der Waals surface area contributed by atoms with E-state index in [2.05, 4.69) is 10.3 Å². The van der Waals surface area contributed by atoms with Crippen molar-refractivity contribution in [3.63, 3.8) is 0 Å². The molecule has 118 valence electrons. The number of nitrogens with two attached hydrogens (primary N) is 1. The summed E-state index contributed by atoms with van der Waals surface area (Å²) in [5.41, 5.74) is 7.42. The number of nitrogens with zero attached hydrogens (tertiary/aromatic N) is 1. The van der Waals surface area contributed by atoms with Crippen molar-refractivity contribution in [3.8, 4) is 11.3 Å². The summed E-state index contributed by atoms with van der Waals surface area (Å²) in [5, 5.41) is 4.90. The van der Waals surface area contributed by atoms with Crippen LogP contribution in [0.25, 0.3) is 11.3 Å². The number of sulfone groups is 1. The largest absolute Gasteiger partial charge is 0.320 e. The molecule has 6 nitrogen and oxygen atoms in total. The van der Waals surface area contributed by atoms with Crippen molar-refractivity contribution in [1.29, 1.82) is 0 Å². The summed E-state index contributed by atoms with van der Waals surface area (Å²) in [5.74, 6) is -0.549. The number of rotatable bonds is 6. The van der Waals surface area contributed by atoms with Crippen LogP contribution < -0.4 is 11.1 Å². The quantitative estimate of drug-likeness (QED) is 0.830. The molecule has 2 rings (SSSR count). The lowest BCUT2D eigenvalue weighted by molar-refractivity contribution is -0.117. The minimum Gasteiger partial charge on any atom is -0.320 e. The molecule has 0 aliphatic carbocycles. The molecule has 2 aromatic rings. The van der Waals surface area contributed by atoms with Gasteiger partial charge in [0.2, 0.25) is 5.91 Å². The van der Waals surface area contributed by atoms with Gasteiger partial charge in [0, 0.05) is 17.2 Å². The summed E-state index contributed by atoms with van der Waals surface area (Å²) in [6.07, 6.45) is 1.20. The molecular formula is C14H17N3O3S2. The fraction of sp³-hybridized carbons (Fsp3) is 0.286. The Kier molecular flexibility index (Phi) is 5.28. The van der Waals surface area contributed by atoms with Crippen LogP contribution in [-0.4, -0.2) is 37.4 Å². The standard InChI is InChI=1S/C14H17N3O3S2/c1-22(19,20)8-7-11(15)13(18)17-14-16-12(9-21-14)10-5-3-2-4-6-10/h2-6,9,11H,7-8,15H2,1H3,(H,16,17,18). The number of amides is 1. The van der Waals surface area contributed by atoms with Gasteiger partial charge in [-0.25, -0.2) is 13.4 Å². The first-order chi connectivity index (χ1) is 10.3. The molecule has 3 N–H and O–H groups in total. The van der Waals surface area contributed by atoms with Gasteiger partial charge in [0.1, 0.15) is 9.84 Å². The van der Waals surface area contributed by atoms with Gasteiger partial charge in [-0.05, 0) is 6.42 Å². The Morgan fingerprint density at radius 2 is 2.05 bits per heavy atom. The Hall–Kier alpha value is -1.77. The molecule has 0 aliphatic heterocycles. The van der Waals surface area contributed by atoms with Crippen molar-refractivity contribution in [1.82, 2.24) is 4.98 Å². The maximum absolute atomic E-state index is 11.9. The average Bonchev–Trinajstić information content (AvgIpc) is 2.93. The highest BCUT2D eigenvalue weighted by atomic mass is 32.2. The smallest absolute Gasteiger partial charge is 0.243 e. The molecule has 0 fully saturated rings. The number of aromatic nitrogens is 1. The number of hydrogen-bond donors (Lipinski definition) is 2. The maximum atomic E-state index is 11.9. The predicted octanol–water partition coefficient (Wildman–Crippen LogP) is 1.51. The second kappa shape index (κ2) is 6.99. The highest BCUT2D eigenvalue weighted by molar-refractivity contribution is 7.90. The van der Waals surface area contributed by atoms with Crippen LogP contribution in [0.3, 0.4) is 0 Å². The molecule has 0 radical (unpaired) electrons. The van der Waals surface area contributed by atoms with Crippen LogP contribution >= 0.6 is 11.3 Å². The lowest BCUT2D eigenvalue weighted by Gasteiger charge is -2.09. The Labute approximate surface area is 133 Å². The van der Waals surface area contributed by atoms with E-state index >= 15 is 0 Å². The van der Waals surface area contributed by atoms with Gasteiger partial charge < -0.3 is 11.1 Å². The van der Waals surface area contributed by atoms with E-state index in [1.807, 2.05) is 35.7 Å². The van der Waals surface area contributed by atoms with E-state index in [9.17, 15) is 13.2 Å². The first-order valence-electron chi connectivity index (χ1n) is 6.60. The van der Waals surface area contributed by atoms with Gasteiger partial charge in [0.05, 0.1) is 17.5 Å². The molecule has 1 aromatic carbocycles. The maximum Gasteiger partial charge on any atom is 0.243 e. The van der Waals surface area contributed by atoms with Gasteiger partial charge in [0.15, 0.2) is 5.13 Å². The number of benzene rings is 1. The summed E-state index contributed by atoms with van der Waals surface area (Å²) in [6, 6.07) is 8.72. The van der Waals surface area contributed by atoms with Gasteiger partial charge >= 0.3 is 0 Å². The Morgan fingerprint density at radius 3 is 2.68 bits per heavy atom. The number of thiazole rings is 1. The number of hydrogen-bond acceptors (Lipinski definition) is 6. The lowest BCUT2D eigenvalue weighted by Crippen LogP contribution is -2.37. The van der Waals surface area contributed by atoms with Crippen molar-refractivity contribution in [2.75, 3.05) is 17.3 Å². The van der Waals surface area contributed by atoms with Gasteiger partial charge in [-0.15, -0.1) is 11.3 Å². The highest BCUT2D eigenvalue weighted by Gasteiger charge is 2.17. The molecule has 1 unspecified atom stereocenters. The third-order valence-electron chi connectivity index (χ3n) is 2.94. The van der Waals surface area contributed by atoms with Crippen LogP contribution in [0.2, 0.25) is 0 Å². The molecule has 22 heavy (non-hydrogen) atoms. The number of carbonyl (C=O) groups excluding carboxylic acids is 1. The summed E-state index contributed by atoms with van der Waals surface area (Å²) >= 11 is 1.30. The second-order valence-corrected chi connectivity index (χ2v) is 8.04. The minimum atomic E-state index is -3.13. The van der Waals surface area contributed by atoms with Crippen LogP contribution in [0, 0.1) is 0 Å². The van der Waals surface area contributed by atoms with Crippen molar-refractivity contribution < 1.29 is 13.2 Å². The molecule has 0 bridgehead atoms. The summed E-state index contributed by atoms with van der Waals surface area (Å²) in [4.78, 5) is 16.2. The number of anilines is 1. The van der Waals surface area contributed by atoms with E-state index in [1.165, 1.54) is 11.3 Å². The molecule has 0 saturated heterocycles. The van der Waals surface area contributed by atoms with Crippen LogP contribution in [0.15, 0.2) is 35.7 Å². The molecule has 0 saturated carbocycles. The average molecular weight is 339 g/mol. The highest BCUT2D eigenvalue weighted by Crippen LogP contribution is 2.24. The van der Waals surface area contributed by atoms with Crippen LogP contribution in [-0.2, 0) is 14.6 Å². The molecule has 1 heterocycles. The Balaban J connectivity index is 1.96. The molecule has 1 aromatic heterocycles. The summed E-state index contributed by atoms with van der Waals surface area (Å²) in [7, 11) is -3.13. The Morgan fingerprint density at radius 1 is 1.36 bits per heavy atom. The number of nitrogens with one attached hydrogen (secondary N) is 1. The zero-order valence-corrected chi connectivity index (χ0v) is 13.7. The van der Waals surface area contributed by atoms with E-state index in [0.29, 0.717) is 5.13 Å². The van der Waals surface area contributed by atoms with Crippen LogP contribution in [0.1, 0.15) is 6.42 Å². The molecule has 1 atom stereocenters. The molecule has 0 aliphatic rings.